The van der Waals surface area contributed by atoms with E-state index in [0.717, 1.165) is 12.8 Å². The summed E-state index contributed by atoms with van der Waals surface area (Å²) in [5.74, 6) is 0.0179. The van der Waals surface area contributed by atoms with Gasteiger partial charge in [-0.15, -0.1) is 0 Å². The number of likely N-dealkylation sites (tertiary alicyclic amines) is 1. The Morgan fingerprint density at radius 1 is 1.50 bits per heavy atom. The van der Waals surface area contributed by atoms with E-state index in [1.54, 1.807) is 7.11 Å². The molecule has 4 heteroatoms. The van der Waals surface area contributed by atoms with Crippen molar-refractivity contribution in [3.05, 3.63) is 0 Å². The topological polar surface area (TPSA) is 55.6 Å². The lowest BCUT2D eigenvalue weighted by Gasteiger charge is -2.28. The highest BCUT2D eigenvalue weighted by molar-refractivity contribution is 5.82. The van der Waals surface area contributed by atoms with Crippen molar-refractivity contribution in [2.24, 2.45) is 5.73 Å². The number of ether oxygens (including phenoxy) is 1. The van der Waals surface area contributed by atoms with Crippen molar-refractivity contribution in [1.82, 2.24) is 4.90 Å². The van der Waals surface area contributed by atoms with Crippen LogP contribution in [0.15, 0.2) is 0 Å². The molecule has 1 aliphatic rings. The quantitative estimate of drug-likeness (QED) is 0.715. The Morgan fingerprint density at radius 3 is 2.43 bits per heavy atom. The Balaban J connectivity index is 2.58. The van der Waals surface area contributed by atoms with E-state index in [0.29, 0.717) is 18.7 Å². The molecule has 3 atom stereocenters. The van der Waals surface area contributed by atoms with Crippen LogP contribution in [0.25, 0.3) is 0 Å². The zero-order chi connectivity index (χ0) is 10.7. The molecule has 2 N–H and O–H groups in total. The molecule has 1 heterocycles. The van der Waals surface area contributed by atoms with Crippen molar-refractivity contribution in [1.29, 1.82) is 0 Å². The predicted molar refractivity (Wildman–Crippen MR) is 54.9 cm³/mol. The largest absolute Gasteiger partial charge is 0.383 e. The van der Waals surface area contributed by atoms with Gasteiger partial charge in [0.1, 0.15) is 6.04 Å². The number of amides is 1. The van der Waals surface area contributed by atoms with Gasteiger partial charge in [0.05, 0.1) is 6.61 Å². The van der Waals surface area contributed by atoms with Crippen LogP contribution in [-0.4, -0.2) is 42.6 Å². The monoisotopic (exact) mass is 200 g/mol. The summed E-state index contributed by atoms with van der Waals surface area (Å²) in [7, 11) is 1.56. The molecule has 1 rings (SSSR count). The standard InChI is InChI=1S/C10H20N2O2/c1-7-4-5-8(2)12(7)10(13)9(11)6-14-3/h7-9H,4-6,11H2,1-3H3. The number of rotatable bonds is 3. The van der Waals surface area contributed by atoms with Crippen LogP contribution in [0.5, 0.6) is 0 Å². The second-order valence-corrected chi connectivity index (χ2v) is 4.08. The van der Waals surface area contributed by atoms with E-state index in [1.807, 2.05) is 4.90 Å². The van der Waals surface area contributed by atoms with Gasteiger partial charge in [-0.2, -0.15) is 0 Å². The van der Waals surface area contributed by atoms with E-state index < -0.39 is 6.04 Å². The van der Waals surface area contributed by atoms with Crippen LogP contribution >= 0.6 is 0 Å². The average Bonchev–Trinajstić information content (AvgIpc) is 2.46. The van der Waals surface area contributed by atoms with Gasteiger partial charge in [-0.3, -0.25) is 4.79 Å². The highest BCUT2D eigenvalue weighted by Crippen LogP contribution is 2.23. The lowest BCUT2D eigenvalue weighted by molar-refractivity contribution is -0.136. The minimum atomic E-state index is -0.511. The Hall–Kier alpha value is -0.610. The van der Waals surface area contributed by atoms with Gasteiger partial charge in [0.2, 0.25) is 5.91 Å². The van der Waals surface area contributed by atoms with Crippen LogP contribution in [0.4, 0.5) is 0 Å². The molecular formula is C10H20N2O2. The number of hydrogen-bond acceptors (Lipinski definition) is 3. The van der Waals surface area contributed by atoms with Crippen LogP contribution < -0.4 is 5.73 Å². The minimum absolute atomic E-state index is 0.0179. The number of carbonyl (C=O) groups excluding carboxylic acids is 1. The smallest absolute Gasteiger partial charge is 0.242 e. The zero-order valence-electron chi connectivity index (χ0n) is 9.19. The number of methoxy groups -OCH3 is 1. The van der Waals surface area contributed by atoms with Crippen molar-refractivity contribution in [2.45, 2.75) is 44.8 Å². The second-order valence-electron chi connectivity index (χ2n) is 4.08. The van der Waals surface area contributed by atoms with E-state index in [1.165, 1.54) is 0 Å². The van der Waals surface area contributed by atoms with Gasteiger partial charge >= 0.3 is 0 Å². The van der Waals surface area contributed by atoms with Crippen LogP contribution in [-0.2, 0) is 9.53 Å². The van der Waals surface area contributed by atoms with Crippen molar-refractivity contribution < 1.29 is 9.53 Å². The summed E-state index contributed by atoms with van der Waals surface area (Å²) in [5, 5.41) is 0. The first kappa shape index (κ1) is 11.5. The first-order chi connectivity index (χ1) is 6.57. The average molecular weight is 200 g/mol. The molecule has 14 heavy (non-hydrogen) atoms. The summed E-state index contributed by atoms with van der Waals surface area (Å²) >= 11 is 0. The Labute approximate surface area is 85.4 Å². The number of carbonyl (C=O) groups is 1. The summed E-state index contributed by atoms with van der Waals surface area (Å²) < 4.78 is 4.88. The van der Waals surface area contributed by atoms with E-state index in [-0.39, 0.29) is 5.91 Å². The maximum atomic E-state index is 11.9. The molecule has 0 bridgehead atoms. The first-order valence-corrected chi connectivity index (χ1v) is 5.14. The number of hydrogen-bond donors (Lipinski definition) is 1. The minimum Gasteiger partial charge on any atom is -0.383 e. The first-order valence-electron chi connectivity index (χ1n) is 5.14. The van der Waals surface area contributed by atoms with Gasteiger partial charge in [-0.25, -0.2) is 0 Å². The van der Waals surface area contributed by atoms with Gasteiger partial charge in [-0.1, -0.05) is 0 Å². The van der Waals surface area contributed by atoms with Crippen LogP contribution in [0.2, 0.25) is 0 Å². The number of nitrogens with zero attached hydrogens (tertiary/aromatic N) is 1. The maximum absolute atomic E-state index is 11.9. The summed E-state index contributed by atoms with van der Waals surface area (Å²) in [6, 6.07) is 0.129. The fourth-order valence-corrected chi connectivity index (χ4v) is 2.07. The van der Waals surface area contributed by atoms with Crippen LogP contribution in [0.1, 0.15) is 26.7 Å². The molecule has 0 radical (unpaired) electrons. The molecule has 4 nitrogen and oxygen atoms in total. The molecule has 0 aromatic carbocycles. The molecule has 82 valence electrons. The summed E-state index contributed by atoms with van der Waals surface area (Å²) in [6.07, 6.45) is 2.15. The summed E-state index contributed by atoms with van der Waals surface area (Å²) in [6.45, 7) is 4.44. The normalized spacial score (nSPS) is 29.3. The lowest BCUT2D eigenvalue weighted by atomic mass is 10.2. The highest BCUT2D eigenvalue weighted by Gasteiger charge is 2.33. The Kier molecular flexibility index (Phi) is 3.89. The van der Waals surface area contributed by atoms with Crippen molar-refractivity contribution in [3.8, 4) is 0 Å². The van der Waals surface area contributed by atoms with E-state index in [4.69, 9.17) is 10.5 Å². The van der Waals surface area contributed by atoms with Gasteiger partial charge in [0.25, 0.3) is 0 Å². The summed E-state index contributed by atoms with van der Waals surface area (Å²) in [5.41, 5.74) is 5.72. The highest BCUT2D eigenvalue weighted by atomic mass is 16.5. The molecule has 0 aliphatic carbocycles. The predicted octanol–water partition coefficient (Wildman–Crippen LogP) is 0.360. The van der Waals surface area contributed by atoms with Gasteiger partial charge in [-0.05, 0) is 26.7 Å². The Morgan fingerprint density at radius 2 is 2.00 bits per heavy atom. The molecular weight excluding hydrogens is 180 g/mol. The zero-order valence-corrected chi connectivity index (χ0v) is 9.19. The van der Waals surface area contributed by atoms with E-state index in [2.05, 4.69) is 13.8 Å². The molecule has 1 aliphatic heterocycles. The van der Waals surface area contributed by atoms with Crippen molar-refractivity contribution >= 4 is 5.91 Å². The Bertz CT molecular complexity index is 198. The third-order valence-electron chi connectivity index (χ3n) is 2.87. The van der Waals surface area contributed by atoms with Crippen LogP contribution in [0.3, 0.4) is 0 Å². The third-order valence-corrected chi connectivity index (χ3v) is 2.87. The second kappa shape index (κ2) is 4.75. The maximum Gasteiger partial charge on any atom is 0.242 e. The fourth-order valence-electron chi connectivity index (χ4n) is 2.07. The molecule has 0 aromatic heterocycles. The molecule has 1 fully saturated rings. The van der Waals surface area contributed by atoms with Crippen LogP contribution in [0, 0.1) is 0 Å². The van der Waals surface area contributed by atoms with Gasteiger partial charge < -0.3 is 15.4 Å². The third kappa shape index (κ3) is 2.25. The number of nitrogens with two attached hydrogens (primary N) is 1. The van der Waals surface area contributed by atoms with E-state index in [9.17, 15) is 4.79 Å². The molecule has 0 aromatic rings. The van der Waals surface area contributed by atoms with E-state index >= 15 is 0 Å². The molecule has 0 spiro atoms. The molecule has 1 amide bonds. The molecule has 1 saturated heterocycles. The summed E-state index contributed by atoms with van der Waals surface area (Å²) in [4.78, 5) is 13.8. The lowest BCUT2D eigenvalue weighted by Crippen LogP contribution is -2.49. The van der Waals surface area contributed by atoms with Gasteiger partial charge in [0, 0.05) is 19.2 Å². The van der Waals surface area contributed by atoms with Gasteiger partial charge in [0.15, 0.2) is 0 Å². The van der Waals surface area contributed by atoms with Crippen molar-refractivity contribution in [2.75, 3.05) is 13.7 Å². The SMILES string of the molecule is COCC(N)C(=O)N1C(C)CCC1C. The molecule has 3 unspecified atom stereocenters. The van der Waals surface area contributed by atoms with Crippen molar-refractivity contribution in [3.63, 3.8) is 0 Å². The fraction of sp³-hybridized carbons (Fsp3) is 0.900. The molecule has 0 saturated carbocycles.